The van der Waals surface area contributed by atoms with Gasteiger partial charge in [0.25, 0.3) is 0 Å². The monoisotopic (exact) mass is 331 g/mol. The minimum absolute atomic E-state index is 0. The first-order valence-electron chi connectivity index (χ1n) is 6.47. The van der Waals surface area contributed by atoms with Crippen molar-refractivity contribution in [1.29, 1.82) is 0 Å². The molecule has 1 rings (SSSR count). The zero-order valence-corrected chi connectivity index (χ0v) is 13.9. The number of hydrogen-bond donors (Lipinski definition) is 3. The van der Waals surface area contributed by atoms with Crippen LogP contribution in [-0.4, -0.2) is 43.5 Å². The summed E-state index contributed by atoms with van der Waals surface area (Å²) in [4.78, 5) is 23.1. The van der Waals surface area contributed by atoms with E-state index in [2.05, 4.69) is 16.0 Å². The van der Waals surface area contributed by atoms with E-state index in [1.807, 2.05) is 38.2 Å². The van der Waals surface area contributed by atoms with Crippen molar-refractivity contribution in [3.8, 4) is 0 Å². The quantitative estimate of drug-likeness (QED) is 0.630. The summed E-state index contributed by atoms with van der Waals surface area (Å²) >= 11 is 1.31. The molecular formula is C14H22ClN3O2S. The van der Waals surface area contributed by atoms with Crippen LogP contribution in [0.2, 0.25) is 0 Å². The minimum atomic E-state index is -0.0955. The molecule has 5 nitrogen and oxygen atoms in total. The Kier molecular flexibility index (Phi) is 10.7. The summed E-state index contributed by atoms with van der Waals surface area (Å²) in [6.07, 6.45) is 0. The van der Waals surface area contributed by atoms with Gasteiger partial charge in [-0.15, -0.1) is 24.2 Å². The summed E-state index contributed by atoms with van der Waals surface area (Å²) in [5, 5.41) is 8.50. The molecule has 0 spiro atoms. The van der Waals surface area contributed by atoms with Gasteiger partial charge in [0.05, 0.1) is 11.5 Å². The molecule has 0 bridgehead atoms. The smallest absolute Gasteiger partial charge is 0.234 e. The second kappa shape index (κ2) is 11.4. The zero-order chi connectivity index (χ0) is 14.8. The second-order valence-electron chi connectivity index (χ2n) is 4.36. The van der Waals surface area contributed by atoms with Gasteiger partial charge < -0.3 is 16.0 Å². The van der Waals surface area contributed by atoms with E-state index in [4.69, 9.17) is 0 Å². The molecule has 2 amide bonds. The van der Waals surface area contributed by atoms with Crippen LogP contribution in [0.4, 0.5) is 5.69 Å². The SMILES string of the molecule is CNCCNC(=O)CSCC(=O)Nc1ccc(C)cc1.Cl. The minimum Gasteiger partial charge on any atom is -0.354 e. The summed E-state index contributed by atoms with van der Waals surface area (Å²) in [7, 11) is 1.83. The molecule has 118 valence electrons. The number of thioether (sulfide) groups is 1. The summed E-state index contributed by atoms with van der Waals surface area (Å²) in [5.41, 5.74) is 1.93. The molecule has 1 aromatic carbocycles. The van der Waals surface area contributed by atoms with Crippen molar-refractivity contribution >= 4 is 41.7 Å². The molecule has 0 radical (unpaired) electrons. The molecule has 0 atom stereocenters. The molecule has 0 heterocycles. The molecular weight excluding hydrogens is 310 g/mol. The van der Waals surface area contributed by atoms with E-state index in [1.165, 1.54) is 11.8 Å². The Labute approximate surface area is 136 Å². The zero-order valence-electron chi connectivity index (χ0n) is 12.3. The van der Waals surface area contributed by atoms with Gasteiger partial charge >= 0.3 is 0 Å². The van der Waals surface area contributed by atoms with Crippen LogP contribution in [0.15, 0.2) is 24.3 Å². The van der Waals surface area contributed by atoms with Gasteiger partial charge in [0.15, 0.2) is 0 Å². The molecule has 0 aliphatic heterocycles. The van der Waals surface area contributed by atoms with Crippen molar-refractivity contribution in [1.82, 2.24) is 10.6 Å². The third-order valence-corrected chi connectivity index (χ3v) is 3.43. The van der Waals surface area contributed by atoms with E-state index < -0.39 is 0 Å². The Morgan fingerprint density at radius 2 is 1.67 bits per heavy atom. The highest BCUT2D eigenvalue weighted by atomic mass is 35.5. The molecule has 0 saturated carbocycles. The lowest BCUT2D eigenvalue weighted by atomic mass is 10.2. The van der Waals surface area contributed by atoms with Gasteiger partial charge in [0, 0.05) is 18.8 Å². The average Bonchev–Trinajstić information content (AvgIpc) is 2.42. The van der Waals surface area contributed by atoms with Crippen molar-refractivity contribution in [2.75, 3.05) is 37.0 Å². The summed E-state index contributed by atoms with van der Waals surface area (Å²) in [5.74, 6) is 0.425. The van der Waals surface area contributed by atoms with Crippen molar-refractivity contribution in [3.05, 3.63) is 29.8 Å². The van der Waals surface area contributed by atoms with E-state index >= 15 is 0 Å². The number of carbonyl (C=O) groups excluding carboxylic acids is 2. The van der Waals surface area contributed by atoms with Crippen LogP contribution in [0.1, 0.15) is 5.56 Å². The average molecular weight is 332 g/mol. The van der Waals surface area contributed by atoms with Gasteiger partial charge in [-0.3, -0.25) is 9.59 Å². The highest BCUT2D eigenvalue weighted by molar-refractivity contribution is 8.00. The highest BCUT2D eigenvalue weighted by Crippen LogP contribution is 2.09. The molecule has 1 aromatic rings. The molecule has 0 aromatic heterocycles. The van der Waals surface area contributed by atoms with E-state index in [0.717, 1.165) is 17.8 Å². The largest absolute Gasteiger partial charge is 0.354 e. The molecule has 0 unspecified atom stereocenters. The second-order valence-corrected chi connectivity index (χ2v) is 5.35. The van der Waals surface area contributed by atoms with Gasteiger partial charge in [-0.05, 0) is 26.1 Å². The van der Waals surface area contributed by atoms with Gasteiger partial charge in [-0.25, -0.2) is 0 Å². The normalized spacial score (nSPS) is 9.62. The van der Waals surface area contributed by atoms with Crippen LogP contribution in [0.5, 0.6) is 0 Å². The first kappa shape index (κ1) is 19.8. The van der Waals surface area contributed by atoms with Gasteiger partial charge in [-0.2, -0.15) is 0 Å². The molecule has 0 aliphatic rings. The molecule has 0 saturated heterocycles. The molecule has 3 N–H and O–H groups in total. The predicted octanol–water partition coefficient (Wildman–Crippen LogP) is 1.42. The number of benzene rings is 1. The molecule has 0 fully saturated rings. The number of amides is 2. The van der Waals surface area contributed by atoms with Crippen molar-refractivity contribution in [2.45, 2.75) is 6.92 Å². The topological polar surface area (TPSA) is 70.2 Å². The fourth-order valence-electron chi connectivity index (χ4n) is 1.45. The standard InChI is InChI=1S/C14H21N3O2S.ClH/c1-11-3-5-12(6-4-11)17-14(19)10-20-9-13(18)16-8-7-15-2;/h3-6,15H,7-10H2,1-2H3,(H,16,18)(H,17,19);1H. The summed E-state index contributed by atoms with van der Waals surface area (Å²) in [6, 6.07) is 7.61. The molecule has 7 heteroatoms. The maximum Gasteiger partial charge on any atom is 0.234 e. The number of aryl methyl sites for hydroxylation is 1. The Morgan fingerprint density at radius 1 is 1.05 bits per heavy atom. The van der Waals surface area contributed by atoms with Crippen LogP contribution in [0, 0.1) is 6.92 Å². The number of carbonyl (C=O) groups is 2. The first-order valence-corrected chi connectivity index (χ1v) is 7.63. The lowest BCUT2D eigenvalue weighted by Gasteiger charge is -2.06. The third kappa shape index (κ3) is 9.33. The molecule has 21 heavy (non-hydrogen) atoms. The number of halogens is 1. The Hall–Kier alpha value is -1.24. The third-order valence-electron chi connectivity index (χ3n) is 2.50. The highest BCUT2D eigenvalue weighted by Gasteiger charge is 2.05. The van der Waals surface area contributed by atoms with Crippen LogP contribution in [-0.2, 0) is 9.59 Å². The Morgan fingerprint density at radius 3 is 2.29 bits per heavy atom. The Balaban J connectivity index is 0.00000400. The van der Waals surface area contributed by atoms with E-state index in [0.29, 0.717) is 12.3 Å². The maximum absolute atomic E-state index is 11.7. The fraction of sp³-hybridized carbons (Fsp3) is 0.429. The van der Waals surface area contributed by atoms with Crippen molar-refractivity contribution in [2.24, 2.45) is 0 Å². The lowest BCUT2D eigenvalue weighted by Crippen LogP contribution is -2.31. The van der Waals surface area contributed by atoms with Gasteiger partial charge in [0.2, 0.25) is 11.8 Å². The van der Waals surface area contributed by atoms with E-state index in [9.17, 15) is 9.59 Å². The van der Waals surface area contributed by atoms with Gasteiger partial charge in [-0.1, -0.05) is 17.7 Å². The lowest BCUT2D eigenvalue weighted by molar-refractivity contribution is -0.118. The van der Waals surface area contributed by atoms with Crippen molar-refractivity contribution in [3.63, 3.8) is 0 Å². The maximum atomic E-state index is 11.7. The fourth-order valence-corrected chi connectivity index (χ4v) is 2.10. The molecule has 0 aliphatic carbocycles. The number of anilines is 1. The first-order chi connectivity index (χ1) is 9.61. The number of hydrogen-bond acceptors (Lipinski definition) is 4. The Bertz CT molecular complexity index is 440. The van der Waals surface area contributed by atoms with Crippen LogP contribution < -0.4 is 16.0 Å². The van der Waals surface area contributed by atoms with Crippen molar-refractivity contribution < 1.29 is 9.59 Å². The predicted molar refractivity (Wildman–Crippen MR) is 91.3 cm³/mol. The van der Waals surface area contributed by atoms with E-state index in [1.54, 1.807) is 0 Å². The number of rotatable bonds is 8. The summed E-state index contributed by atoms with van der Waals surface area (Å²) < 4.78 is 0. The van der Waals surface area contributed by atoms with Crippen LogP contribution in [0.25, 0.3) is 0 Å². The van der Waals surface area contributed by atoms with Gasteiger partial charge in [0.1, 0.15) is 0 Å². The van der Waals surface area contributed by atoms with E-state index in [-0.39, 0.29) is 30.0 Å². The number of nitrogens with one attached hydrogen (secondary N) is 3. The van der Waals surface area contributed by atoms with Crippen LogP contribution >= 0.6 is 24.2 Å². The number of likely N-dealkylation sites (N-methyl/N-ethyl adjacent to an activating group) is 1. The summed E-state index contributed by atoms with van der Waals surface area (Å²) in [6.45, 7) is 3.34. The van der Waals surface area contributed by atoms with Crippen LogP contribution in [0.3, 0.4) is 0 Å².